The van der Waals surface area contributed by atoms with Crippen LogP contribution < -0.4 is 10.6 Å². The van der Waals surface area contributed by atoms with Crippen molar-refractivity contribution < 1.29 is 18.0 Å². The predicted octanol–water partition coefficient (Wildman–Crippen LogP) is 4.17. The third-order valence-electron chi connectivity index (χ3n) is 5.25. The molecule has 0 bridgehead atoms. The highest BCUT2D eigenvalue weighted by atomic mass is 35.5. The van der Waals surface area contributed by atoms with Gasteiger partial charge in [-0.3, -0.25) is 9.48 Å². The number of amides is 1. The molecule has 0 unspecified atom stereocenters. The fourth-order valence-electron chi connectivity index (χ4n) is 3.69. The van der Waals surface area contributed by atoms with Crippen LogP contribution in [0.15, 0.2) is 36.5 Å². The minimum Gasteiger partial charge on any atom is -0.363 e. The van der Waals surface area contributed by atoms with Crippen LogP contribution in [0, 0.1) is 6.92 Å². The summed E-state index contributed by atoms with van der Waals surface area (Å²) in [4.78, 5) is 12.6. The summed E-state index contributed by atoms with van der Waals surface area (Å²) < 4.78 is 43.8. The summed E-state index contributed by atoms with van der Waals surface area (Å²) in [5.41, 5.74) is 2.16. The lowest BCUT2D eigenvalue weighted by Crippen LogP contribution is -2.35. The number of fused-ring (bicyclic) bond motifs is 1. The van der Waals surface area contributed by atoms with Gasteiger partial charge in [0, 0.05) is 42.9 Å². The fraction of sp³-hybridized carbons (Fsp3) is 0.350. The summed E-state index contributed by atoms with van der Waals surface area (Å²) in [6.45, 7) is 2.01. The van der Waals surface area contributed by atoms with E-state index in [1.54, 1.807) is 42.2 Å². The molecule has 3 heterocycles. The first-order valence-corrected chi connectivity index (χ1v) is 9.95. The Morgan fingerprint density at radius 2 is 2.00 bits per heavy atom. The first-order valence-electron chi connectivity index (χ1n) is 9.57. The zero-order valence-electron chi connectivity index (χ0n) is 16.7. The first-order chi connectivity index (χ1) is 14.6. The van der Waals surface area contributed by atoms with Crippen molar-refractivity contribution in [1.82, 2.24) is 24.9 Å². The number of hydrogen-bond acceptors (Lipinski definition) is 4. The molecule has 31 heavy (non-hydrogen) atoms. The van der Waals surface area contributed by atoms with Gasteiger partial charge in [0.15, 0.2) is 11.7 Å². The van der Waals surface area contributed by atoms with Gasteiger partial charge in [-0.2, -0.15) is 23.4 Å². The van der Waals surface area contributed by atoms with Crippen molar-refractivity contribution in [2.75, 3.05) is 5.32 Å². The third-order valence-corrected chi connectivity index (χ3v) is 5.50. The maximum absolute atomic E-state index is 13.8. The molecule has 1 aromatic carbocycles. The number of carbonyl (C=O) groups is 1. The van der Waals surface area contributed by atoms with Crippen molar-refractivity contribution in [3.05, 3.63) is 64.1 Å². The van der Waals surface area contributed by atoms with Crippen molar-refractivity contribution in [3.63, 3.8) is 0 Å². The molecule has 164 valence electrons. The van der Waals surface area contributed by atoms with E-state index < -0.39 is 24.2 Å². The van der Waals surface area contributed by atoms with E-state index in [1.807, 2.05) is 6.92 Å². The number of rotatable bonds is 4. The summed E-state index contributed by atoms with van der Waals surface area (Å²) in [5.74, 6) is -0.424. The van der Waals surface area contributed by atoms with Crippen molar-refractivity contribution in [1.29, 1.82) is 0 Å². The fourth-order valence-corrected chi connectivity index (χ4v) is 3.81. The Hall–Kier alpha value is -3.01. The number of nitrogens with one attached hydrogen (secondary N) is 2. The maximum atomic E-state index is 13.8. The van der Waals surface area contributed by atoms with Gasteiger partial charge in [-0.05, 0) is 24.6 Å². The van der Waals surface area contributed by atoms with E-state index in [1.165, 1.54) is 6.07 Å². The Morgan fingerprint density at radius 3 is 2.61 bits per heavy atom. The second-order valence-corrected chi connectivity index (χ2v) is 7.93. The van der Waals surface area contributed by atoms with E-state index in [4.69, 9.17) is 11.6 Å². The van der Waals surface area contributed by atoms with Crippen LogP contribution in [0.2, 0.25) is 5.02 Å². The number of alkyl halides is 3. The van der Waals surface area contributed by atoms with Crippen molar-refractivity contribution in [2.24, 2.45) is 7.05 Å². The standard InChI is InChI=1S/C20H20ClF3N6O/c1-11-13(10-29(2)27-11)9-25-19(31)16-8-18-26-15(12-3-5-14(21)6-4-12)7-17(20(22,23)24)30(18)28-16/h3-6,8,10,15,17,26H,7,9H2,1-2H3,(H,25,31)/t15-,17+/m1/s1. The lowest BCUT2D eigenvalue weighted by molar-refractivity contribution is -0.173. The average Bonchev–Trinajstić information content (AvgIpc) is 3.27. The van der Waals surface area contributed by atoms with Crippen LogP contribution in [0.1, 0.15) is 45.8 Å². The van der Waals surface area contributed by atoms with Gasteiger partial charge in [0.25, 0.3) is 5.91 Å². The van der Waals surface area contributed by atoms with Gasteiger partial charge in [-0.1, -0.05) is 23.7 Å². The van der Waals surface area contributed by atoms with Crippen LogP contribution in [0.3, 0.4) is 0 Å². The molecule has 0 saturated heterocycles. The number of anilines is 1. The van der Waals surface area contributed by atoms with Crippen LogP contribution in [0.4, 0.5) is 19.0 Å². The molecule has 1 amide bonds. The van der Waals surface area contributed by atoms with Crippen LogP contribution >= 0.6 is 11.6 Å². The molecule has 0 spiro atoms. The summed E-state index contributed by atoms with van der Waals surface area (Å²) in [6.07, 6.45) is -3.00. The number of aromatic nitrogens is 4. The molecule has 11 heteroatoms. The topological polar surface area (TPSA) is 76.8 Å². The van der Waals surface area contributed by atoms with Crippen LogP contribution in [0.5, 0.6) is 0 Å². The molecule has 1 aliphatic heterocycles. The van der Waals surface area contributed by atoms with Crippen molar-refractivity contribution in [3.8, 4) is 0 Å². The molecule has 0 saturated carbocycles. The Balaban J connectivity index is 1.58. The molecule has 2 N–H and O–H groups in total. The lowest BCUT2D eigenvalue weighted by atomic mass is 9.97. The van der Waals surface area contributed by atoms with E-state index >= 15 is 0 Å². The molecule has 2 atom stereocenters. The van der Waals surface area contributed by atoms with Gasteiger partial charge in [-0.25, -0.2) is 4.68 Å². The third kappa shape index (κ3) is 4.39. The molecule has 0 aliphatic carbocycles. The Bertz CT molecular complexity index is 1110. The summed E-state index contributed by atoms with van der Waals surface area (Å²) in [5, 5.41) is 14.4. The quantitative estimate of drug-likeness (QED) is 0.623. The molecule has 3 aromatic rings. The molecule has 1 aliphatic rings. The Kier molecular flexibility index (Phi) is 5.42. The number of benzene rings is 1. The number of nitrogens with zero attached hydrogens (tertiary/aromatic N) is 4. The minimum absolute atomic E-state index is 0.0879. The van der Waals surface area contributed by atoms with E-state index in [0.717, 1.165) is 15.9 Å². The highest BCUT2D eigenvalue weighted by Gasteiger charge is 2.46. The van der Waals surface area contributed by atoms with Gasteiger partial charge in [0.1, 0.15) is 5.82 Å². The lowest BCUT2D eigenvalue weighted by Gasteiger charge is -2.33. The number of hydrogen-bond donors (Lipinski definition) is 2. The summed E-state index contributed by atoms with van der Waals surface area (Å²) in [6, 6.07) is 5.52. The van der Waals surface area contributed by atoms with Crippen LogP contribution in [0.25, 0.3) is 0 Å². The maximum Gasteiger partial charge on any atom is 0.410 e. The summed E-state index contributed by atoms with van der Waals surface area (Å²) in [7, 11) is 1.77. The van der Waals surface area contributed by atoms with Crippen LogP contribution in [-0.4, -0.2) is 31.6 Å². The predicted molar refractivity (Wildman–Crippen MR) is 109 cm³/mol. The van der Waals surface area contributed by atoms with Gasteiger partial charge >= 0.3 is 6.18 Å². The number of halogens is 4. The number of carbonyl (C=O) groups excluding carboxylic acids is 1. The van der Waals surface area contributed by atoms with Crippen molar-refractivity contribution in [2.45, 2.75) is 38.1 Å². The minimum atomic E-state index is -4.52. The second kappa shape index (κ2) is 7.92. The number of aryl methyl sites for hydroxylation is 2. The van der Waals surface area contributed by atoms with Gasteiger partial charge in [-0.15, -0.1) is 0 Å². The SMILES string of the molecule is Cc1nn(C)cc1CNC(=O)c1cc2n(n1)[C@H](C(F)(F)F)C[C@H](c1ccc(Cl)cc1)N2. The molecule has 0 radical (unpaired) electrons. The Morgan fingerprint density at radius 1 is 1.29 bits per heavy atom. The molecule has 2 aromatic heterocycles. The summed E-state index contributed by atoms with van der Waals surface area (Å²) >= 11 is 5.89. The highest BCUT2D eigenvalue weighted by Crippen LogP contribution is 2.43. The van der Waals surface area contributed by atoms with Crippen LogP contribution in [-0.2, 0) is 13.6 Å². The molecular weight excluding hydrogens is 433 g/mol. The van der Waals surface area contributed by atoms with E-state index in [9.17, 15) is 18.0 Å². The average molecular weight is 453 g/mol. The molecule has 4 rings (SSSR count). The largest absolute Gasteiger partial charge is 0.410 e. The molecular formula is C20H20ClF3N6O. The van der Waals surface area contributed by atoms with E-state index in [0.29, 0.717) is 10.6 Å². The smallest absolute Gasteiger partial charge is 0.363 e. The van der Waals surface area contributed by atoms with E-state index in [-0.39, 0.29) is 24.5 Å². The molecule has 7 nitrogen and oxygen atoms in total. The highest BCUT2D eigenvalue weighted by molar-refractivity contribution is 6.30. The monoisotopic (exact) mass is 452 g/mol. The zero-order valence-corrected chi connectivity index (χ0v) is 17.5. The first kappa shape index (κ1) is 21.2. The Labute approximate surface area is 181 Å². The zero-order chi connectivity index (χ0) is 22.3. The van der Waals surface area contributed by atoms with Crippen molar-refractivity contribution >= 4 is 23.3 Å². The van der Waals surface area contributed by atoms with Gasteiger partial charge < -0.3 is 10.6 Å². The van der Waals surface area contributed by atoms with Gasteiger partial charge in [0.05, 0.1) is 11.7 Å². The van der Waals surface area contributed by atoms with E-state index in [2.05, 4.69) is 20.8 Å². The normalized spacial score (nSPS) is 18.4. The molecule has 0 fully saturated rings. The second-order valence-electron chi connectivity index (χ2n) is 7.50. The van der Waals surface area contributed by atoms with Gasteiger partial charge in [0.2, 0.25) is 0 Å².